The molecule has 1 aliphatic heterocycles. The van der Waals surface area contributed by atoms with Gasteiger partial charge >= 0.3 is 0 Å². The van der Waals surface area contributed by atoms with E-state index in [2.05, 4.69) is 20.9 Å². The van der Waals surface area contributed by atoms with Crippen LogP contribution in [-0.2, 0) is 19.6 Å². The molecular weight excluding hydrogens is 544 g/mol. The lowest BCUT2D eigenvalue weighted by Gasteiger charge is -2.44. The topological polar surface area (TPSA) is 144 Å². The molecule has 228 valence electrons. The van der Waals surface area contributed by atoms with E-state index in [1.165, 1.54) is 4.31 Å². The Morgan fingerprint density at radius 2 is 1.88 bits per heavy atom. The van der Waals surface area contributed by atoms with Gasteiger partial charge in [0.15, 0.2) is 0 Å². The van der Waals surface area contributed by atoms with E-state index in [0.29, 0.717) is 18.7 Å². The molecule has 3 rings (SSSR count). The van der Waals surface area contributed by atoms with E-state index >= 15 is 0 Å². The highest BCUT2D eigenvalue weighted by Gasteiger charge is 2.48. The van der Waals surface area contributed by atoms with Crippen LogP contribution in [0.1, 0.15) is 46.7 Å². The van der Waals surface area contributed by atoms with Crippen molar-refractivity contribution in [2.75, 3.05) is 38.3 Å². The first-order valence-electron chi connectivity index (χ1n) is 14.1. The predicted molar refractivity (Wildman–Crippen MR) is 162 cm³/mol. The Morgan fingerprint density at radius 1 is 1.22 bits per heavy atom. The molecule has 1 saturated heterocycles. The number of rotatable bonds is 11. The molecule has 1 aromatic carbocycles. The number of hydrogen-bond acceptors (Lipinski definition) is 8. The summed E-state index contributed by atoms with van der Waals surface area (Å²) >= 11 is 0. The van der Waals surface area contributed by atoms with Gasteiger partial charge in [0.25, 0.3) is 0 Å². The minimum absolute atomic E-state index is 0.0202. The monoisotopic (exact) mass is 590 g/mol. The number of amides is 2. The van der Waals surface area contributed by atoms with E-state index in [1.807, 2.05) is 58.9 Å². The van der Waals surface area contributed by atoms with Crippen molar-refractivity contribution >= 4 is 38.4 Å². The van der Waals surface area contributed by atoms with Crippen LogP contribution < -0.4 is 16.0 Å². The number of nitrogens with zero attached hydrogens (tertiary/aromatic N) is 3. The Hall–Kier alpha value is -2.64. The van der Waals surface area contributed by atoms with Gasteiger partial charge < -0.3 is 21.1 Å². The number of carbonyl (C=O) groups is 2. The van der Waals surface area contributed by atoms with E-state index < -0.39 is 45.7 Å². The van der Waals surface area contributed by atoms with Crippen molar-refractivity contribution in [1.29, 1.82) is 0 Å². The molecule has 2 heterocycles. The van der Waals surface area contributed by atoms with Crippen LogP contribution in [0.2, 0.25) is 0 Å². The largest absolute Gasteiger partial charge is 0.376 e. The summed E-state index contributed by atoms with van der Waals surface area (Å²) < 4.78 is 26.6. The Balaban J connectivity index is 2.00. The molecule has 1 aromatic heterocycles. The van der Waals surface area contributed by atoms with Gasteiger partial charge in [0.1, 0.15) is 6.23 Å². The fraction of sp³-hybridized carbons (Fsp3) is 0.621. The third-order valence-electron chi connectivity index (χ3n) is 7.77. The molecule has 1 fully saturated rings. The zero-order chi connectivity index (χ0) is 30.7. The van der Waals surface area contributed by atoms with Gasteiger partial charge in [-0.3, -0.25) is 19.5 Å². The van der Waals surface area contributed by atoms with Crippen molar-refractivity contribution in [2.45, 2.75) is 72.3 Å². The van der Waals surface area contributed by atoms with Crippen molar-refractivity contribution in [3.05, 3.63) is 36.0 Å². The van der Waals surface area contributed by atoms with Crippen molar-refractivity contribution in [3.8, 4) is 0 Å². The second-order valence-corrected chi connectivity index (χ2v) is 14.1. The first kappa shape index (κ1) is 32.9. The molecule has 41 heavy (non-hydrogen) atoms. The van der Waals surface area contributed by atoms with E-state index in [0.717, 1.165) is 22.9 Å². The van der Waals surface area contributed by atoms with E-state index in [4.69, 9.17) is 0 Å². The van der Waals surface area contributed by atoms with Crippen LogP contribution in [0.3, 0.4) is 0 Å². The second kappa shape index (κ2) is 13.1. The van der Waals surface area contributed by atoms with E-state index in [-0.39, 0.29) is 24.9 Å². The SMILES string of the molecule is CCCN(C(O)C(NC(=O)C(C)NC)C(C)(C)C)C1CN(S(C)(=O)=O)CC1C(=O)Nc1cc(C)nc2ccccc12. The zero-order valence-electron chi connectivity index (χ0n) is 25.4. The van der Waals surface area contributed by atoms with Gasteiger partial charge in [-0.1, -0.05) is 45.9 Å². The lowest BCUT2D eigenvalue weighted by molar-refractivity contribution is -0.132. The molecule has 0 aliphatic carbocycles. The highest BCUT2D eigenvalue weighted by atomic mass is 32.2. The summed E-state index contributed by atoms with van der Waals surface area (Å²) in [7, 11) is -1.93. The minimum Gasteiger partial charge on any atom is -0.376 e. The quantitative estimate of drug-likeness (QED) is 0.291. The van der Waals surface area contributed by atoms with Crippen molar-refractivity contribution in [2.24, 2.45) is 11.3 Å². The minimum atomic E-state index is -3.62. The maximum atomic E-state index is 13.9. The van der Waals surface area contributed by atoms with Gasteiger partial charge in [0.05, 0.1) is 35.5 Å². The number of carbonyl (C=O) groups excluding carboxylic acids is 2. The lowest BCUT2D eigenvalue weighted by atomic mass is 9.84. The first-order valence-corrected chi connectivity index (χ1v) is 16.0. The Bertz CT molecular complexity index is 1340. The number of nitrogens with one attached hydrogen (secondary N) is 3. The molecule has 5 unspecified atom stereocenters. The fourth-order valence-electron chi connectivity index (χ4n) is 5.34. The lowest BCUT2D eigenvalue weighted by Crippen LogP contribution is -2.62. The number of aromatic nitrogens is 1. The van der Waals surface area contributed by atoms with Crippen LogP contribution in [0.5, 0.6) is 0 Å². The number of likely N-dealkylation sites (N-methyl/N-ethyl adjacent to an activating group) is 1. The summed E-state index contributed by atoms with van der Waals surface area (Å²) in [5.74, 6) is -1.38. The highest BCUT2D eigenvalue weighted by molar-refractivity contribution is 7.88. The summed E-state index contributed by atoms with van der Waals surface area (Å²) in [5, 5.41) is 21.6. The molecule has 1 aliphatic rings. The molecule has 4 N–H and O–H groups in total. The molecule has 0 spiro atoms. The molecular formula is C29H46N6O5S. The van der Waals surface area contributed by atoms with Gasteiger partial charge in [-0.15, -0.1) is 0 Å². The number of aliphatic hydroxyl groups excluding tert-OH is 1. The highest BCUT2D eigenvalue weighted by Crippen LogP contribution is 2.32. The molecule has 0 bridgehead atoms. The van der Waals surface area contributed by atoms with Crippen LogP contribution in [-0.4, -0.2) is 96.8 Å². The average molecular weight is 591 g/mol. The molecule has 2 aromatic rings. The van der Waals surface area contributed by atoms with Crippen molar-refractivity contribution in [3.63, 3.8) is 0 Å². The Labute approximate surface area is 244 Å². The molecule has 12 heteroatoms. The van der Waals surface area contributed by atoms with Crippen LogP contribution in [0.15, 0.2) is 30.3 Å². The summed E-state index contributed by atoms with van der Waals surface area (Å²) in [5.41, 5.74) is 1.53. The number of para-hydroxylation sites is 1. The number of pyridine rings is 1. The van der Waals surface area contributed by atoms with E-state index in [9.17, 15) is 23.1 Å². The summed E-state index contributed by atoms with van der Waals surface area (Å²) in [4.78, 5) is 33.1. The van der Waals surface area contributed by atoms with Gasteiger partial charge in [-0.2, -0.15) is 4.31 Å². The smallest absolute Gasteiger partial charge is 0.237 e. The van der Waals surface area contributed by atoms with Crippen LogP contribution >= 0.6 is 0 Å². The van der Waals surface area contributed by atoms with Gasteiger partial charge in [0, 0.05) is 36.8 Å². The van der Waals surface area contributed by atoms with Gasteiger partial charge in [0.2, 0.25) is 21.8 Å². The first-order chi connectivity index (χ1) is 19.1. The Kier molecular flexibility index (Phi) is 10.5. The number of aliphatic hydroxyl groups is 1. The third-order valence-corrected chi connectivity index (χ3v) is 9.00. The second-order valence-electron chi connectivity index (χ2n) is 12.1. The van der Waals surface area contributed by atoms with Crippen LogP contribution in [0.4, 0.5) is 5.69 Å². The van der Waals surface area contributed by atoms with Gasteiger partial charge in [-0.05, 0) is 44.9 Å². The predicted octanol–water partition coefficient (Wildman–Crippen LogP) is 1.91. The number of fused-ring (bicyclic) bond motifs is 1. The fourth-order valence-corrected chi connectivity index (χ4v) is 6.20. The average Bonchev–Trinajstić information content (AvgIpc) is 3.34. The molecule has 0 radical (unpaired) electrons. The number of aryl methyl sites for hydroxylation is 1. The Morgan fingerprint density at radius 3 is 2.46 bits per heavy atom. The molecule has 5 atom stereocenters. The van der Waals surface area contributed by atoms with Crippen LogP contribution in [0.25, 0.3) is 10.9 Å². The molecule has 11 nitrogen and oxygen atoms in total. The number of sulfonamides is 1. The summed E-state index contributed by atoms with van der Waals surface area (Å²) in [6.45, 7) is 11.7. The third kappa shape index (κ3) is 7.81. The van der Waals surface area contributed by atoms with Crippen molar-refractivity contribution in [1.82, 2.24) is 24.8 Å². The number of anilines is 1. The summed E-state index contributed by atoms with van der Waals surface area (Å²) in [6, 6.07) is 7.50. The van der Waals surface area contributed by atoms with Crippen LogP contribution in [0, 0.1) is 18.3 Å². The standard InChI is InChI=1S/C29H46N6O5S/c1-9-14-35(28(38)25(29(4,5)6)33-26(36)19(3)30-7)24-17-34(41(8,39)40)16-21(24)27(37)32-23-15-18(2)31-22-13-11-10-12-20(22)23/h10-13,15,19,21,24-25,28,30,38H,9,14,16-17H2,1-8H3,(H,33,36)(H,31,32,37). The van der Waals surface area contributed by atoms with Crippen molar-refractivity contribution < 1.29 is 23.1 Å². The van der Waals surface area contributed by atoms with Gasteiger partial charge in [-0.25, -0.2) is 8.42 Å². The number of hydrogen-bond donors (Lipinski definition) is 4. The summed E-state index contributed by atoms with van der Waals surface area (Å²) in [6.07, 6.45) is 0.598. The molecule has 0 saturated carbocycles. The van der Waals surface area contributed by atoms with E-state index in [1.54, 1.807) is 24.9 Å². The maximum absolute atomic E-state index is 13.9. The maximum Gasteiger partial charge on any atom is 0.237 e. The molecule has 2 amide bonds. The zero-order valence-corrected chi connectivity index (χ0v) is 26.2. The normalized spacial score (nSPS) is 20.6. The number of benzene rings is 1.